The van der Waals surface area contributed by atoms with Gasteiger partial charge < -0.3 is 20.9 Å². The number of anilines is 1. The predicted octanol–water partition coefficient (Wildman–Crippen LogP) is 0.607. The molecule has 0 unspecified atom stereocenters. The van der Waals surface area contributed by atoms with Crippen molar-refractivity contribution in [1.29, 1.82) is 0 Å². The molecule has 0 saturated carbocycles. The number of hydrogen-bond donors (Lipinski definition) is 2. The van der Waals surface area contributed by atoms with E-state index in [0.717, 1.165) is 32.7 Å². The fourth-order valence-corrected chi connectivity index (χ4v) is 2.67. The van der Waals surface area contributed by atoms with E-state index in [9.17, 15) is 9.59 Å². The van der Waals surface area contributed by atoms with E-state index < -0.39 is 0 Å². The lowest BCUT2D eigenvalue weighted by atomic mass is 10.2. The first-order chi connectivity index (χ1) is 11.6. The predicted molar refractivity (Wildman–Crippen MR) is 117 cm³/mol. The van der Waals surface area contributed by atoms with Gasteiger partial charge in [0.05, 0.1) is 13.1 Å². The molecule has 1 aromatic rings. The molecule has 0 spiro atoms. The molecule has 1 aromatic carbocycles. The minimum Gasteiger partial charge on any atom is -0.369 e. The summed E-state index contributed by atoms with van der Waals surface area (Å²) in [7, 11) is 1.76. The maximum atomic E-state index is 11.9. The smallest absolute Gasteiger partial charge is 0.241 e. The number of nitrogens with one attached hydrogen (secondary N) is 1. The maximum absolute atomic E-state index is 11.9. The monoisotopic (exact) mass is 441 g/mol. The van der Waals surface area contributed by atoms with Gasteiger partial charge in [-0.2, -0.15) is 0 Å². The van der Waals surface area contributed by atoms with Crippen molar-refractivity contribution < 1.29 is 9.59 Å². The molecule has 0 aliphatic carbocycles. The van der Waals surface area contributed by atoms with Gasteiger partial charge in [0.25, 0.3) is 0 Å². The molecule has 0 atom stereocenters. The molecule has 0 radical (unpaired) electrons. The van der Waals surface area contributed by atoms with Gasteiger partial charge in [0.15, 0.2) is 0 Å². The number of likely N-dealkylation sites (N-methyl/N-ethyl adjacent to an activating group) is 1. The topological polar surface area (TPSA) is 81.9 Å². The van der Waals surface area contributed by atoms with Gasteiger partial charge in [-0.3, -0.25) is 14.5 Å². The second-order valence-corrected chi connectivity index (χ2v) is 5.96. The molecular formula is C17H30Cl3N5O2. The molecule has 0 bridgehead atoms. The highest BCUT2D eigenvalue weighted by molar-refractivity contribution is 5.86. The minimum atomic E-state index is -0.311. The molecule has 27 heavy (non-hydrogen) atoms. The van der Waals surface area contributed by atoms with E-state index in [1.54, 1.807) is 11.9 Å². The van der Waals surface area contributed by atoms with Crippen LogP contribution in [0.1, 0.15) is 0 Å². The highest BCUT2D eigenvalue weighted by atomic mass is 35.5. The molecular weight excluding hydrogens is 413 g/mol. The van der Waals surface area contributed by atoms with Crippen LogP contribution in [0.5, 0.6) is 0 Å². The molecule has 2 rings (SSSR count). The maximum Gasteiger partial charge on any atom is 0.241 e. The number of carbonyl (C=O) groups excluding carboxylic acids is 2. The second-order valence-electron chi connectivity index (χ2n) is 5.96. The van der Waals surface area contributed by atoms with Crippen LogP contribution in [0.15, 0.2) is 30.3 Å². The number of para-hydroxylation sites is 1. The van der Waals surface area contributed by atoms with E-state index in [0.29, 0.717) is 6.54 Å². The summed E-state index contributed by atoms with van der Waals surface area (Å²) in [4.78, 5) is 29.4. The fraction of sp³-hybridized carbons (Fsp3) is 0.529. The van der Waals surface area contributed by atoms with Crippen LogP contribution in [0, 0.1) is 0 Å². The lowest BCUT2D eigenvalue weighted by Gasteiger charge is -2.36. The van der Waals surface area contributed by atoms with Crippen molar-refractivity contribution in [2.45, 2.75) is 0 Å². The standard InChI is InChI=1S/C17H27N5O2.3ClH/c1-20(17(24)14-19-16(23)13-18)7-8-21-9-11-22(12-10-21)15-5-3-2-4-6-15;;;/h2-6H,7-14,18H2,1H3,(H,19,23);3*1H. The number of nitrogens with zero attached hydrogens (tertiary/aromatic N) is 3. The molecule has 2 amide bonds. The van der Waals surface area contributed by atoms with Crippen LogP contribution in [0.2, 0.25) is 0 Å². The van der Waals surface area contributed by atoms with Crippen LogP contribution in [0.25, 0.3) is 0 Å². The van der Waals surface area contributed by atoms with Crippen LogP contribution in [0.3, 0.4) is 0 Å². The molecule has 1 fully saturated rings. The number of carbonyl (C=O) groups is 2. The molecule has 1 saturated heterocycles. The summed E-state index contributed by atoms with van der Waals surface area (Å²) >= 11 is 0. The number of amides is 2. The van der Waals surface area contributed by atoms with Crippen molar-refractivity contribution in [1.82, 2.24) is 15.1 Å². The Kier molecular flexibility index (Phi) is 15.3. The summed E-state index contributed by atoms with van der Waals surface area (Å²) in [5.74, 6) is -0.409. The SMILES string of the molecule is CN(CCN1CCN(c2ccccc2)CC1)C(=O)CNC(=O)CN.Cl.Cl.Cl. The second kappa shape index (κ2) is 14.8. The van der Waals surface area contributed by atoms with Gasteiger partial charge in [0, 0.05) is 52.0 Å². The average Bonchev–Trinajstić information content (AvgIpc) is 2.64. The molecule has 10 heteroatoms. The first-order valence-electron chi connectivity index (χ1n) is 8.33. The number of benzene rings is 1. The molecule has 1 aliphatic rings. The first kappa shape index (κ1) is 28.0. The van der Waals surface area contributed by atoms with E-state index in [1.807, 2.05) is 6.07 Å². The Labute approximate surface area is 179 Å². The lowest BCUT2D eigenvalue weighted by molar-refractivity contribution is -0.131. The zero-order valence-electron chi connectivity index (χ0n) is 15.5. The Morgan fingerprint density at radius 2 is 1.67 bits per heavy atom. The normalized spacial score (nSPS) is 13.5. The third-order valence-corrected chi connectivity index (χ3v) is 4.29. The van der Waals surface area contributed by atoms with Crippen LogP contribution in [-0.2, 0) is 9.59 Å². The van der Waals surface area contributed by atoms with Gasteiger partial charge in [-0.25, -0.2) is 0 Å². The van der Waals surface area contributed by atoms with Gasteiger partial charge in [0.1, 0.15) is 0 Å². The molecule has 156 valence electrons. The highest BCUT2D eigenvalue weighted by Crippen LogP contribution is 2.15. The van der Waals surface area contributed by atoms with E-state index in [-0.39, 0.29) is 62.1 Å². The number of nitrogens with two attached hydrogens (primary N) is 1. The van der Waals surface area contributed by atoms with Gasteiger partial charge in [-0.1, -0.05) is 18.2 Å². The number of halogens is 3. The summed E-state index contributed by atoms with van der Waals surface area (Å²) in [5, 5.41) is 2.50. The van der Waals surface area contributed by atoms with Crippen molar-refractivity contribution in [3.8, 4) is 0 Å². The quantitative estimate of drug-likeness (QED) is 0.646. The third kappa shape index (κ3) is 9.48. The number of hydrogen-bond acceptors (Lipinski definition) is 5. The number of piperazine rings is 1. The summed E-state index contributed by atoms with van der Waals surface area (Å²) in [6.45, 7) is 5.37. The number of rotatable bonds is 7. The Hall–Kier alpha value is -1.25. The summed E-state index contributed by atoms with van der Waals surface area (Å²) in [5.41, 5.74) is 6.46. The summed E-state index contributed by atoms with van der Waals surface area (Å²) in [6.07, 6.45) is 0. The molecule has 3 N–H and O–H groups in total. The highest BCUT2D eigenvalue weighted by Gasteiger charge is 2.18. The zero-order chi connectivity index (χ0) is 17.4. The van der Waals surface area contributed by atoms with Gasteiger partial charge >= 0.3 is 0 Å². The fourth-order valence-electron chi connectivity index (χ4n) is 2.67. The minimum absolute atomic E-state index is 0. The Morgan fingerprint density at radius 1 is 1.07 bits per heavy atom. The van der Waals surface area contributed by atoms with Crippen molar-refractivity contribution in [3.63, 3.8) is 0 Å². The first-order valence-corrected chi connectivity index (χ1v) is 8.33. The third-order valence-electron chi connectivity index (χ3n) is 4.29. The Bertz CT molecular complexity index is 543. The van der Waals surface area contributed by atoms with E-state index in [4.69, 9.17) is 5.73 Å². The summed E-state index contributed by atoms with van der Waals surface area (Å²) < 4.78 is 0. The van der Waals surface area contributed by atoms with Gasteiger partial charge in [-0.15, -0.1) is 37.2 Å². The molecule has 7 nitrogen and oxygen atoms in total. The Morgan fingerprint density at radius 3 is 2.22 bits per heavy atom. The van der Waals surface area contributed by atoms with Gasteiger partial charge in [-0.05, 0) is 12.1 Å². The van der Waals surface area contributed by atoms with Crippen LogP contribution in [-0.4, -0.2) is 81.0 Å². The molecule has 0 aromatic heterocycles. The van der Waals surface area contributed by atoms with Crippen LogP contribution < -0.4 is 16.0 Å². The van der Waals surface area contributed by atoms with E-state index in [2.05, 4.69) is 39.4 Å². The lowest BCUT2D eigenvalue weighted by Crippen LogP contribution is -2.49. The van der Waals surface area contributed by atoms with Crippen molar-refractivity contribution in [2.24, 2.45) is 5.73 Å². The zero-order valence-corrected chi connectivity index (χ0v) is 18.0. The average molecular weight is 443 g/mol. The van der Waals surface area contributed by atoms with E-state index in [1.165, 1.54) is 5.69 Å². The Balaban J connectivity index is 0. The van der Waals surface area contributed by atoms with Crippen LogP contribution in [0.4, 0.5) is 5.69 Å². The van der Waals surface area contributed by atoms with Crippen molar-refractivity contribution in [2.75, 3.05) is 64.3 Å². The molecule has 1 heterocycles. The van der Waals surface area contributed by atoms with Crippen LogP contribution >= 0.6 is 37.2 Å². The van der Waals surface area contributed by atoms with Gasteiger partial charge in [0.2, 0.25) is 11.8 Å². The summed E-state index contributed by atoms with van der Waals surface area (Å²) in [6, 6.07) is 10.4. The van der Waals surface area contributed by atoms with E-state index >= 15 is 0 Å². The molecule has 1 aliphatic heterocycles. The largest absolute Gasteiger partial charge is 0.369 e. The van der Waals surface area contributed by atoms with Crippen molar-refractivity contribution in [3.05, 3.63) is 30.3 Å². The van der Waals surface area contributed by atoms with Crippen molar-refractivity contribution >= 4 is 54.7 Å².